The van der Waals surface area contributed by atoms with Crippen molar-refractivity contribution in [1.29, 1.82) is 0 Å². The lowest BCUT2D eigenvalue weighted by molar-refractivity contribution is -0.138. The molecule has 2 aromatic rings. The number of anilines is 1. The number of halogens is 3. The van der Waals surface area contributed by atoms with E-state index in [1.54, 1.807) is 0 Å². The monoisotopic (exact) mass is 419 g/mol. The number of aryl methyl sites for hydroxylation is 1. The molecule has 0 bridgehead atoms. The van der Waals surface area contributed by atoms with E-state index in [1.165, 1.54) is 31.2 Å². The molecule has 0 aliphatic carbocycles. The van der Waals surface area contributed by atoms with Crippen LogP contribution in [0.15, 0.2) is 30.3 Å². The van der Waals surface area contributed by atoms with Crippen molar-refractivity contribution in [2.24, 2.45) is 0 Å². The summed E-state index contributed by atoms with van der Waals surface area (Å²) in [4.78, 5) is 17.8. The lowest BCUT2D eigenvalue weighted by atomic mass is 10.0. The average molecular weight is 419 g/mol. The number of aromatic hydroxyl groups is 1. The van der Waals surface area contributed by atoms with Crippen molar-refractivity contribution in [3.63, 3.8) is 0 Å². The van der Waals surface area contributed by atoms with E-state index >= 15 is 0 Å². The van der Waals surface area contributed by atoms with Gasteiger partial charge in [-0.25, -0.2) is 0 Å². The smallest absolute Gasteiger partial charge is 0.420 e. The first-order chi connectivity index (χ1) is 12.8. The van der Waals surface area contributed by atoms with Gasteiger partial charge >= 0.3 is 13.8 Å². The summed E-state index contributed by atoms with van der Waals surface area (Å²) < 4.78 is 57.1. The van der Waals surface area contributed by atoms with Gasteiger partial charge < -0.3 is 24.9 Å². The molecular weight excluding hydrogens is 398 g/mol. The van der Waals surface area contributed by atoms with Crippen molar-refractivity contribution in [2.45, 2.75) is 32.9 Å². The van der Waals surface area contributed by atoms with Gasteiger partial charge in [-0.05, 0) is 48.7 Å². The molecule has 0 heterocycles. The van der Waals surface area contributed by atoms with Crippen LogP contribution < -0.4 is 10.1 Å². The number of ether oxygens (including phenoxy) is 1. The van der Waals surface area contributed by atoms with E-state index in [4.69, 9.17) is 14.5 Å². The fraction of sp³-hybridized carbons (Fsp3) is 0.333. The van der Waals surface area contributed by atoms with E-state index in [0.717, 1.165) is 6.07 Å². The molecule has 0 atom stereocenters. The van der Waals surface area contributed by atoms with Gasteiger partial charge in [0.2, 0.25) is 0 Å². The van der Waals surface area contributed by atoms with Crippen molar-refractivity contribution < 1.29 is 37.4 Å². The number of nitrogens with one attached hydrogen (secondary N) is 1. The highest BCUT2D eigenvalue weighted by Gasteiger charge is 2.36. The summed E-state index contributed by atoms with van der Waals surface area (Å²) in [5.41, 5.74) is -0.514. The quantitative estimate of drug-likeness (QED) is 0.482. The third kappa shape index (κ3) is 5.64. The molecule has 0 radical (unpaired) electrons. The minimum absolute atomic E-state index is 0.0205. The van der Waals surface area contributed by atoms with Crippen LogP contribution in [-0.2, 0) is 10.7 Å². The number of rotatable bonds is 6. The highest BCUT2D eigenvalue weighted by Crippen LogP contribution is 2.43. The molecule has 0 saturated carbocycles. The zero-order chi connectivity index (χ0) is 21.3. The minimum atomic E-state index is -4.75. The van der Waals surface area contributed by atoms with Crippen LogP contribution >= 0.6 is 7.60 Å². The SMILES string of the molecule is Cc1cc(NCP(=O)(O)O)cc(C(F)(F)F)c1Oc1ccc(O)c(C(C)C)c1. The molecule has 0 saturated heterocycles. The second kappa shape index (κ2) is 8.03. The van der Waals surface area contributed by atoms with Gasteiger partial charge in [0.05, 0.1) is 0 Å². The molecule has 0 spiro atoms. The van der Waals surface area contributed by atoms with Gasteiger partial charge in [-0.2, -0.15) is 13.2 Å². The lowest BCUT2D eigenvalue weighted by Crippen LogP contribution is -2.11. The summed E-state index contributed by atoms with van der Waals surface area (Å²) in [6, 6.07) is 6.23. The van der Waals surface area contributed by atoms with Crippen molar-refractivity contribution in [3.05, 3.63) is 47.0 Å². The Morgan fingerprint density at radius 1 is 1.18 bits per heavy atom. The summed E-state index contributed by atoms with van der Waals surface area (Å²) in [7, 11) is -4.44. The maximum Gasteiger partial charge on any atom is 0.420 e. The van der Waals surface area contributed by atoms with Crippen molar-refractivity contribution in [3.8, 4) is 17.2 Å². The molecule has 0 aromatic heterocycles. The molecule has 2 aromatic carbocycles. The first kappa shape index (κ1) is 22.1. The Kier molecular flexibility index (Phi) is 6.33. The molecule has 0 amide bonds. The second-order valence-electron chi connectivity index (χ2n) is 6.64. The minimum Gasteiger partial charge on any atom is -0.508 e. The van der Waals surface area contributed by atoms with E-state index in [1.807, 2.05) is 13.8 Å². The first-order valence-corrected chi connectivity index (χ1v) is 10.1. The molecular formula is C18H21F3NO5P. The van der Waals surface area contributed by atoms with Gasteiger partial charge in [0.1, 0.15) is 29.1 Å². The maximum absolute atomic E-state index is 13.6. The number of alkyl halides is 3. The van der Waals surface area contributed by atoms with Crippen molar-refractivity contribution >= 4 is 13.3 Å². The zero-order valence-electron chi connectivity index (χ0n) is 15.4. The number of phenolic OH excluding ortho intramolecular Hbond substituents is 1. The maximum atomic E-state index is 13.6. The van der Waals surface area contributed by atoms with Crippen LogP contribution in [0.2, 0.25) is 0 Å². The largest absolute Gasteiger partial charge is 0.508 e. The Morgan fingerprint density at radius 2 is 1.82 bits per heavy atom. The highest BCUT2D eigenvalue weighted by atomic mass is 31.2. The molecule has 154 valence electrons. The number of hydrogen-bond donors (Lipinski definition) is 4. The summed E-state index contributed by atoms with van der Waals surface area (Å²) in [5.74, 6) is -0.335. The molecule has 0 unspecified atom stereocenters. The third-order valence-electron chi connectivity index (χ3n) is 3.91. The molecule has 6 nitrogen and oxygen atoms in total. The topological polar surface area (TPSA) is 99.0 Å². The Labute approximate surface area is 160 Å². The molecule has 0 aliphatic rings. The van der Waals surface area contributed by atoms with Crippen LogP contribution in [0.5, 0.6) is 17.2 Å². The van der Waals surface area contributed by atoms with Crippen LogP contribution in [0.3, 0.4) is 0 Å². The average Bonchev–Trinajstić information content (AvgIpc) is 2.54. The van der Waals surface area contributed by atoms with Gasteiger partial charge in [0, 0.05) is 11.3 Å². The molecule has 0 aliphatic heterocycles. The fourth-order valence-electron chi connectivity index (χ4n) is 2.59. The highest BCUT2D eigenvalue weighted by molar-refractivity contribution is 7.51. The second-order valence-corrected chi connectivity index (χ2v) is 8.29. The Bertz CT molecular complexity index is 909. The van der Waals surface area contributed by atoms with Crippen LogP contribution in [0.25, 0.3) is 0 Å². The Morgan fingerprint density at radius 3 is 2.36 bits per heavy atom. The first-order valence-electron chi connectivity index (χ1n) is 8.29. The van der Waals surface area contributed by atoms with Gasteiger partial charge in [0.15, 0.2) is 0 Å². The van der Waals surface area contributed by atoms with E-state index in [-0.39, 0.29) is 28.7 Å². The van der Waals surface area contributed by atoms with Gasteiger partial charge in [-0.15, -0.1) is 0 Å². The Balaban J connectivity index is 2.46. The van der Waals surface area contributed by atoms with Crippen LogP contribution in [-0.4, -0.2) is 21.2 Å². The fourth-order valence-corrected chi connectivity index (χ4v) is 2.98. The number of phenols is 1. The molecule has 10 heteroatoms. The molecule has 0 fully saturated rings. The number of hydrogen-bond acceptors (Lipinski definition) is 4. The van der Waals surface area contributed by atoms with E-state index in [9.17, 15) is 22.8 Å². The van der Waals surface area contributed by atoms with Crippen LogP contribution in [0.1, 0.15) is 36.5 Å². The predicted molar refractivity (Wildman–Crippen MR) is 99.0 cm³/mol. The summed E-state index contributed by atoms with van der Waals surface area (Å²) in [6.07, 6.45) is -5.54. The van der Waals surface area contributed by atoms with Gasteiger partial charge in [-0.3, -0.25) is 4.57 Å². The predicted octanol–water partition coefficient (Wildman–Crippen LogP) is 5.18. The summed E-state index contributed by atoms with van der Waals surface area (Å²) >= 11 is 0. The standard InChI is InChI=1S/C18H21F3NO5P/c1-10(2)14-8-13(4-5-16(14)23)27-17-11(3)6-12(22-9-28(24,25)26)7-15(17)18(19,20)21/h4-8,10,22-23H,9H2,1-3H3,(H2,24,25,26). The molecule has 28 heavy (non-hydrogen) atoms. The third-order valence-corrected chi connectivity index (χ3v) is 4.48. The summed E-state index contributed by atoms with van der Waals surface area (Å²) in [6.45, 7) is 5.05. The van der Waals surface area contributed by atoms with Crippen LogP contribution in [0.4, 0.5) is 18.9 Å². The molecule has 4 N–H and O–H groups in total. The normalized spacial score (nSPS) is 12.3. The molecule has 2 rings (SSSR count). The zero-order valence-corrected chi connectivity index (χ0v) is 16.3. The van der Waals surface area contributed by atoms with Gasteiger partial charge in [0.25, 0.3) is 0 Å². The Hall–Kier alpha value is -2.22. The van der Waals surface area contributed by atoms with Crippen LogP contribution in [0, 0.1) is 6.92 Å². The van der Waals surface area contributed by atoms with Gasteiger partial charge in [-0.1, -0.05) is 13.8 Å². The van der Waals surface area contributed by atoms with E-state index in [0.29, 0.717) is 5.56 Å². The van der Waals surface area contributed by atoms with Crippen molar-refractivity contribution in [2.75, 3.05) is 11.6 Å². The number of benzene rings is 2. The van der Waals surface area contributed by atoms with Crippen molar-refractivity contribution in [1.82, 2.24) is 0 Å². The summed E-state index contributed by atoms with van der Waals surface area (Å²) in [5, 5.41) is 12.2. The van der Waals surface area contributed by atoms with E-state index in [2.05, 4.69) is 5.32 Å². The van der Waals surface area contributed by atoms with E-state index < -0.39 is 31.4 Å². The lowest BCUT2D eigenvalue weighted by Gasteiger charge is -2.19.